The van der Waals surface area contributed by atoms with Crippen LogP contribution in [-0.2, 0) is 28.0 Å². The second-order valence-electron chi connectivity index (χ2n) is 9.70. The predicted molar refractivity (Wildman–Crippen MR) is 125 cm³/mol. The summed E-state index contributed by atoms with van der Waals surface area (Å²) in [5.41, 5.74) is 0.906. The van der Waals surface area contributed by atoms with Crippen LogP contribution in [0.1, 0.15) is 63.3 Å². The molecule has 1 aromatic heterocycles. The Hall–Kier alpha value is -4.01. The van der Waals surface area contributed by atoms with E-state index in [1.165, 1.54) is 18.1 Å². The van der Waals surface area contributed by atoms with E-state index in [1.54, 1.807) is 18.2 Å². The third kappa shape index (κ3) is 3.26. The molecule has 0 bridgehead atoms. The van der Waals surface area contributed by atoms with Gasteiger partial charge in [-0.05, 0) is 54.7 Å². The third-order valence-corrected chi connectivity index (χ3v) is 7.50. The molecule has 184 valence electrons. The van der Waals surface area contributed by atoms with Crippen molar-refractivity contribution in [3.63, 3.8) is 0 Å². The highest BCUT2D eigenvalue weighted by atomic mass is 19.1. The summed E-state index contributed by atoms with van der Waals surface area (Å²) in [6.07, 6.45) is 2.79. The molecule has 0 saturated carbocycles. The van der Waals surface area contributed by atoms with Gasteiger partial charge in [0.1, 0.15) is 16.8 Å². The van der Waals surface area contributed by atoms with E-state index in [-0.39, 0.29) is 42.4 Å². The number of nitrogens with zero attached hydrogens (tertiary/aromatic N) is 1. The fourth-order valence-corrected chi connectivity index (χ4v) is 5.63. The number of carbonyl (C=O) groups excluding carboxylic acids is 4. The molecular formula is C27H23FN2O6. The SMILES string of the molecule is COc1ccc2c(c1F)C(=O)N(C[C@@]1(c3cc4cc5c(cc4o3)C(=O)CCCC5)CC(=O)NC1=O)C2. The number of imide groups is 1. The second kappa shape index (κ2) is 8.01. The molecule has 8 nitrogen and oxygen atoms in total. The summed E-state index contributed by atoms with van der Waals surface area (Å²) in [7, 11) is 1.32. The number of methoxy groups -OCH3 is 1. The molecule has 3 aromatic rings. The standard InChI is InChI=1S/C27H23FN2O6/c1-35-19-7-6-15-12-30(25(33)23(15)24(19)28)13-27(11-22(32)29-26(27)34)21-9-16-8-14-4-2-3-5-18(31)17(14)10-20(16)36-21/h6-10H,2-5,11-13H2,1H3,(H,29,32,34)/t27-/m1/s1. The van der Waals surface area contributed by atoms with Gasteiger partial charge in [0.15, 0.2) is 17.3 Å². The summed E-state index contributed by atoms with van der Waals surface area (Å²) in [5, 5.41) is 3.06. The van der Waals surface area contributed by atoms with E-state index in [1.807, 2.05) is 6.07 Å². The molecule has 36 heavy (non-hydrogen) atoms. The van der Waals surface area contributed by atoms with Gasteiger partial charge in [-0.3, -0.25) is 24.5 Å². The second-order valence-corrected chi connectivity index (χ2v) is 9.70. The van der Waals surface area contributed by atoms with Crippen LogP contribution in [0.2, 0.25) is 0 Å². The number of ether oxygens (including phenoxy) is 1. The van der Waals surface area contributed by atoms with Crippen molar-refractivity contribution in [3.8, 4) is 5.75 Å². The smallest absolute Gasteiger partial charge is 0.257 e. The van der Waals surface area contributed by atoms with E-state index in [0.29, 0.717) is 23.1 Å². The summed E-state index contributed by atoms with van der Waals surface area (Å²) < 4.78 is 26.0. The molecule has 1 saturated heterocycles. The zero-order valence-corrected chi connectivity index (χ0v) is 19.6. The maximum Gasteiger partial charge on any atom is 0.257 e. The molecule has 0 radical (unpaired) electrons. The van der Waals surface area contributed by atoms with Gasteiger partial charge >= 0.3 is 0 Å². The number of halogens is 1. The quantitative estimate of drug-likeness (QED) is 0.444. The monoisotopic (exact) mass is 490 g/mol. The first-order valence-corrected chi connectivity index (χ1v) is 11.9. The van der Waals surface area contributed by atoms with Crippen molar-refractivity contribution in [3.05, 3.63) is 64.2 Å². The van der Waals surface area contributed by atoms with Crippen molar-refractivity contribution in [2.75, 3.05) is 13.7 Å². The zero-order valence-electron chi connectivity index (χ0n) is 19.6. The number of benzene rings is 2. The van der Waals surface area contributed by atoms with Crippen molar-refractivity contribution in [1.82, 2.24) is 10.2 Å². The zero-order chi connectivity index (χ0) is 25.2. The number of fused-ring (bicyclic) bond motifs is 3. The normalized spacial score (nSPS) is 21.6. The number of ketones is 1. The molecule has 1 fully saturated rings. The Balaban J connectivity index is 1.41. The maximum absolute atomic E-state index is 14.9. The summed E-state index contributed by atoms with van der Waals surface area (Å²) in [6, 6.07) is 8.40. The lowest BCUT2D eigenvalue weighted by Gasteiger charge is -2.28. The van der Waals surface area contributed by atoms with Crippen molar-refractivity contribution in [2.24, 2.45) is 0 Å². The summed E-state index contributed by atoms with van der Waals surface area (Å²) in [6.45, 7) is -0.0837. The van der Waals surface area contributed by atoms with Gasteiger partial charge in [0, 0.05) is 30.5 Å². The molecule has 3 aliphatic rings. The van der Waals surface area contributed by atoms with E-state index in [2.05, 4.69) is 5.32 Å². The molecule has 9 heteroatoms. The number of rotatable bonds is 4. The Morgan fingerprint density at radius 3 is 2.64 bits per heavy atom. The van der Waals surface area contributed by atoms with E-state index >= 15 is 0 Å². The van der Waals surface area contributed by atoms with Crippen LogP contribution in [0.5, 0.6) is 5.75 Å². The minimum atomic E-state index is -1.48. The molecule has 0 spiro atoms. The minimum absolute atomic E-state index is 0.0425. The van der Waals surface area contributed by atoms with Crippen LogP contribution in [-0.4, -0.2) is 42.1 Å². The van der Waals surface area contributed by atoms with E-state index < -0.39 is 29.0 Å². The van der Waals surface area contributed by atoms with Gasteiger partial charge in [-0.15, -0.1) is 0 Å². The van der Waals surface area contributed by atoms with Gasteiger partial charge in [-0.2, -0.15) is 0 Å². The highest BCUT2D eigenvalue weighted by molar-refractivity contribution is 6.10. The van der Waals surface area contributed by atoms with Gasteiger partial charge in [-0.25, -0.2) is 4.39 Å². The summed E-state index contributed by atoms with van der Waals surface area (Å²) in [5.74, 6) is -2.15. The number of aryl methyl sites for hydroxylation is 1. The first-order valence-electron chi connectivity index (χ1n) is 11.9. The molecule has 1 N–H and O–H groups in total. The fraction of sp³-hybridized carbons (Fsp3) is 0.333. The Labute approximate surface area is 205 Å². The number of amides is 3. The van der Waals surface area contributed by atoms with Gasteiger partial charge in [0.05, 0.1) is 19.1 Å². The topological polar surface area (TPSA) is 106 Å². The lowest BCUT2D eigenvalue weighted by atomic mass is 9.82. The van der Waals surface area contributed by atoms with Crippen LogP contribution in [0.3, 0.4) is 0 Å². The largest absolute Gasteiger partial charge is 0.494 e. The number of nitrogens with one attached hydrogen (secondary N) is 1. The Morgan fingerprint density at radius 1 is 1.08 bits per heavy atom. The number of Topliss-reactive ketones (excluding diaryl/α,β-unsaturated/α-hetero) is 1. The lowest BCUT2D eigenvalue weighted by Crippen LogP contribution is -2.46. The molecule has 6 rings (SSSR count). The van der Waals surface area contributed by atoms with E-state index in [4.69, 9.17) is 9.15 Å². The first kappa shape index (κ1) is 22.5. The first-order chi connectivity index (χ1) is 17.3. The number of hydrogen-bond donors (Lipinski definition) is 1. The van der Waals surface area contributed by atoms with Crippen molar-refractivity contribution >= 4 is 34.5 Å². The molecular weight excluding hydrogens is 467 g/mol. The van der Waals surface area contributed by atoms with Gasteiger partial charge < -0.3 is 14.1 Å². The third-order valence-electron chi connectivity index (χ3n) is 7.50. The Kier molecular flexibility index (Phi) is 5.00. The minimum Gasteiger partial charge on any atom is -0.494 e. The Morgan fingerprint density at radius 2 is 1.89 bits per heavy atom. The predicted octanol–water partition coefficient (Wildman–Crippen LogP) is 3.43. The van der Waals surface area contributed by atoms with E-state index in [9.17, 15) is 23.6 Å². The fourth-order valence-electron chi connectivity index (χ4n) is 5.63. The maximum atomic E-state index is 14.9. The molecule has 1 aliphatic carbocycles. The molecule has 2 aliphatic heterocycles. The average molecular weight is 490 g/mol. The van der Waals surface area contributed by atoms with Crippen molar-refractivity contribution in [1.29, 1.82) is 0 Å². The van der Waals surface area contributed by atoms with Gasteiger partial charge in [0.25, 0.3) is 5.91 Å². The summed E-state index contributed by atoms with van der Waals surface area (Å²) >= 11 is 0. The molecule has 0 unspecified atom stereocenters. The lowest BCUT2D eigenvalue weighted by molar-refractivity contribution is -0.127. The van der Waals surface area contributed by atoms with Crippen LogP contribution < -0.4 is 10.1 Å². The Bertz CT molecular complexity index is 1490. The van der Waals surface area contributed by atoms with Crippen LogP contribution in [0, 0.1) is 5.82 Å². The average Bonchev–Trinajstić information content (AvgIpc) is 3.45. The highest BCUT2D eigenvalue weighted by Crippen LogP contribution is 2.40. The number of carbonyl (C=O) groups is 4. The van der Waals surface area contributed by atoms with Crippen molar-refractivity contribution in [2.45, 2.75) is 44.1 Å². The van der Waals surface area contributed by atoms with Crippen molar-refractivity contribution < 1.29 is 32.7 Å². The molecule has 3 amide bonds. The number of hydrogen-bond acceptors (Lipinski definition) is 6. The number of furan rings is 1. The van der Waals surface area contributed by atoms with Gasteiger partial charge in [-0.1, -0.05) is 6.07 Å². The van der Waals surface area contributed by atoms with E-state index in [0.717, 1.165) is 30.2 Å². The van der Waals surface area contributed by atoms with Crippen LogP contribution in [0.4, 0.5) is 4.39 Å². The highest BCUT2D eigenvalue weighted by Gasteiger charge is 2.53. The summed E-state index contributed by atoms with van der Waals surface area (Å²) in [4.78, 5) is 52.7. The molecule has 3 heterocycles. The van der Waals surface area contributed by atoms with Crippen LogP contribution in [0.15, 0.2) is 34.7 Å². The van der Waals surface area contributed by atoms with Crippen LogP contribution >= 0.6 is 0 Å². The molecule has 1 atom stereocenters. The van der Waals surface area contributed by atoms with Crippen LogP contribution in [0.25, 0.3) is 11.0 Å². The molecule has 2 aromatic carbocycles. The van der Waals surface area contributed by atoms with Gasteiger partial charge in [0.2, 0.25) is 11.8 Å².